The number of azide groups is 2. The number of anilines is 2. The smallest absolute Gasteiger partial charge is 0.265 e. The predicted octanol–water partition coefficient (Wildman–Crippen LogP) is 9.39. The first-order valence-electron chi connectivity index (χ1n) is 24.6. The standard InChI is InChI=1S/C23H23N8O2.C14H10N4.C9H12N4O2.C9H12N4O.CH2Cl2.CH4/c1-14-15(11-24)6-4-8-17(14)18-10-19(27-22(25)26-18)20-13-30(29-28-20)12-16-7-5-9-21(31(16)33)23(2,3)32;1-3-11-7-13(18-14(16)17-11)12-6-4-5-10(8-15)9(12)2;1-9(2,14)8-5-3-4-7(13(8)15)6-11-12-10;1-9(2,14)8-5-3-4-7(12-8)6-11-13-10;2-1-3;/h4-10,13,32-33H,12H2,1-3H3,(H2,25,26,27);1,4-7H,2H3,(H2,16,17,18);3-5,14H,6H2,1-2H3;3-5,14H,6H2,1-2H3;1H2;1H4/q+1;;;;;. The van der Waals surface area contributed by atoms with Gasteiger partial charge in [0, 0.05) is 55.6 Å². The van der Waals surface area contributed by atoms with Crippen molar-refractivity contribution in [3.63, 3.8) is 0 Å². The second-order valence-electron chi connectivity index (χ2n) is 19.1. The minimum atomic E-state index is -1.21. The molecule has 84 heavy (non-hydrogen) atoms. The number of pyridine rings is 3. The fourth-order valence-corrected chi connectivity index (χ4v) is 7.50. The molecule has 0 aliphatic carbocycles. The van der Waals surface area contributed by atoms with Gasteiger partial charge in [0.15, 0.2) is 5.69 Å². The van der Waals surface area contributed by atoms with Gasteiger partial charge in [-0.15, -0.1) is 34.7 Å². The molecule has 0 fully saturated rings. The monoisotopic (exact) mass is 1180 g/mol. The first kappa shape index (κ1) is 68.3. The molecule has 6 aromatic heterocycles. The molecule has 0 saturated heterocycles. The van der Waals surface area contributed by atoms with Crippen LogP contribution in [0.25, 0.3) is 54.8 Å². The molecule has 8 N–H and O–H groups in total. The van der Waals surface area contributed by atoms with Crippen molar-refractivity contribution in [3.8, 4) is 58.4 Å². The number of benzene rings is 2. The highest BCUT2D eigenvalue weighted by molar-refractivity contribution is 6.40. The van der Waals surface area contributed by atoms with E-state index >= 15 is 0 Å². The van der Waals surface area contributed by atoms with Crippen LogP contribution in [-0.2, 0) is 36.4 Å². The molecule has 6 heterocycles. The quantitative estimate of drug-likeness (QED) is 0.00969. The Morgan fingerprint density at radius 3 is 1.69 bits per heavy atom. The number of hydrogen-bond donors (Lipinski definition) is 6. The molecule has 2 aromatic carbocycles. The molecule has 27 heteroatoms. The molecule has 8 rings (SSSR count). The molecule has 434 valence electrons. The molecule has 8 aromatic rings. The normalized spacial score (nSPS) is 10.5. The van der Waals surface area contributed by atoms with Gasteiger partial charge in [-0.1, -0.05) is 59.1 Å². The van der Waals surface area contributed by atoms with E-state index in [-0.39, 0.29) is 50.0 Å². The number of alkyl halides is 2. The summed E-state index contributed by atoms with van der Waals surface area (Å²) in [6.45, 7) is 13.7. The minimum absolute atomic E-state index is 0. The molecule has 0 aliphatic heterocycles. The largest absolute Gasteiger partial charge is 0.618 e. The minimum Gasteiger partial charge on any atom is -0.618 e. The van der Waals surface area contributed by atoms with Crippen LogP contribution in [0, 0.1) is 54.1 Å². The number of aliphatic hydroxyl groups is 3. The Balaban J connectivity index is 0.000000309. The van der Waals surface area contributed by atoms with Crippen LogP contribution < -0.4 is 20.9 Å². The molecule has 25 nitrogen and oxygen atoms in total. The van der Waals surface area contributed by atoms with Gasteiger partial charge >= 0.3 is 0 Å². The number of nitrogen functional groups attached to an aromatic ring is 2. The van der Waals surface area contributed by atoms with Crippen molar-refractivity contribution < 1.29 is 30.0 Å². The zero-order chi connectivity index (χ0) is 61.7. The third-order valence-corrected chi connectivity index (χ3v) is 11.6. The van der Waals surface area contributed by atoms with Gasteiger partial charge in [0.05, 0.1) is 64.1 Å². The summed E-state index contributed by atoms with van der Waals surface area (Å²) in [5.41, 5.74) is 34.1. The van der Waals surface area contributed by atoms with Crippen LogP contribution in [0.4, 0.5) is 11.9 Å². The lowest BCUT2D eigenvalue weighted by Crippen LogP contribution is -2.45. The van der Waals surface area contributed by atoms with Crippen LogP contribution in [-0.4, -0.2) is 65.8 Å². The molecule has 0 amide bonds. The van der Waals surface area contributed by atoms with Crippen molar-refractivity contribution in [3.05, 3.63) is 198 Å². The van der Waals surface area contributed by atoms with Gasteiger partial charge < -0.3 is 32.0 Å². The topological polar surface area (TPSA) is 404 Å². The van der Waals surface area contributed by atoms with Gasteiger partial charge in [0.25, 0.3) is 11.4 Å². The van der Waals surface area contributed by atoms with E-state index in [1.54, 1.807) is 124 Å². The summed E-state index contributed by atoms with van der Waals surface area (Å²) in [7, 11) is 0. The Morgan fingerprint density at radius 2 is 1.17 bits per heavy atom. The first-order valence-corrected chi connectivity index (χ1v) is 25.7. The zero-order valence-corrected chi connectivity index (χ0v) is 48.0. The van der Waals surface area contributed by atoms with Crippen LogP contribution in [0.1, 0.15) is 111 Å². The molecule has 0 saturated carbocycles. The fourth-order valence-electron chi connectivity index (χ4n) is 7.50. The summed E-state index contributed by atoms with van der Waals surface area (Å²) in [6.07, 6.45) is 6.99. The van der Waals surface area contributed by atoms with E-state index in [0.29, 0.717) is 72.8 Å². The highest BCUT2D eigenvalue weighted by Gasteiger charge is 2.31. The van der Waals surface area contributed by atoms with E-state index in [1.807, 2.05) is 26.0 Å². The molecule has 0 unspecified atom stereocenters. The van der Waals surface area contributed by atoms with Crippen LogP contribution in [0.5, 0.6) is 0 Å². The summed E-state index contributed by atoms with van der Waals surface area (Å²) >= 11 is 9.53. The summed E-state index contributed by atoms with van der Waals surface area (Å²) in [5, 5.41) is 85.4. The van der Waals surface area contributed by atoms with E-state index in [4.69, 9.17) is 57.4 Å². The second-order valence-corrected chi connectivity index (χ2v) is 19.9. The predicted molar refractivity (Wildman–Crippen MR) is 317 cm³/mol. The highest BCUT2D eigenvalue weighted by Crippen LogP contribution is 2.29. The van der Waals surface area contributed by atoms with E-state index in [9.17, 15) is 31.0 Å². The summed E-state index contributed by atoms with van der Waals surface area (Å²) < 4.78 is 3.09. The van der Waals surface area contributed by atoms with Crippen LogP contribution in [0.15, 0.2) is 120 Å². The van der Waals surface area contributed by atoms with Gasteiger partial charge in [-0.25, -0.2) is 24.6 Å². The number of halogens is 2. The maximum absolute atomic E-state index is 11.7. The van der Waals surface area contributed by atoms with Crippen molar-refractivity contribution in [2.45, 2.75) is 99.3 Å². The fraction of sp³-hybridized carbons (Fsp3) is 0.281. The third-order valence-electron chi connectivity index (χ3n) is 11.6. The number of rotatable bonds is 12. The van der Waals surface area contributed by atoms with Crippen molar-refractivity contribution in [2.24, 2.45) is 10.2 Å². The van der Waals surface area contributed by atoms with Crippen molar-refractivity contribution in [2.75, 3.05) is 16.8 Å². The Kier molecular flexibility index (Phi) is 25.4. The van der Waals surface area contributed by atoms with Gasteiger partial charge in [0.2, 0.25) is 17.6 Å². The van der Waals surface area contributed by atoms with E-state index in [2.05, 4.69) is 73.3 Å². The maximum Gasteiger partial charge on any atom is 0.265 e. The number of nitriles is 2. The summed E-state index contributed by atoms with van der Waals surface area (Å²) in [5.74, 6) is 2.63. The van der Waals surface area contributed by atoms with E-state index < -0.39 is 16.8 Å². The molecule has 0 radical (unpaired) electrons. The van der Waals surface area contributed by atoms with Gasteiger partial charge in [-0.3, -0.25) is 10.2 Å². The molecular formula is C57H63Cl2N20O5+. The number of terminal acetylenes is 1. The van der Waals surface area contributed by atoms with Gasteiger partial charge in [-0.05, 0) is 126 Å². The second kappa shape index (κ2) is 31.3. The first-order chi connectivity index (χ1) is 39.2. The summed E-state index contributed by atoms with van der Waals surface area (Å²) in [4.78, 5) is 26.1. The van der Waals surface area contributed by atoms with Crippen LogP contribution in [0.2, 0.25) is 0 Å². The van der Waals surface area contributed by atoms with E-state index in [1.165, 1.54) is 19.9 Å². The maximum atomic E-state index is 11.7. The van der Waals surface area contributed by atoms with Crippen molar-refractivity contribution in [1.82, 2.24) is 39.9 Å². The number of aromatic nitrogens is 10. The van der Waals surface area contributed by atoms with E-state index in [0.717, 1.165) is 27.0 Å². The van der Waals surface area contributed by atoms with Gasteiger partial charge in [0.1, 0.15) is 41.3 Å². The van der Waals surface area contributed by atoms with Crippen LogP contribution in [0.3, 0.4) is 0 Å². The zero-order valence-electron chi connectivity index (χ0n) is 46.5. The number of nitrogens with zero attached hydrogens (tertiary/aromatic N) is 18. The van der Waals surface area contributed by atoms with Gasteiger partial charge in [-0.2, -0.15) is 15.3 Å². The van der Waals surface area contributed by atoms with Crippen molar-refractivity contribution in [1.29, 1.82) is 10.5 Å². The Labute approximate surface area is 495 Å². The third kappa shape index (κ3) is 19.3. The molecule has 0 atom stereocenters. The molecular weight excluding hydrogens is 1120 g/mol. The Hall–Kier alpha value is -9.99. The lowest BCUT2D eigenvalue weighted by atomic mass is 10.00. The highest BCUT2D eigenvalue weighted by atomic mass is 35.5. The van der Waals surface area contributed by atoms with Crippen molar-refractivity contribution >= 4 is 35.1 Å². The lowest BCUT2D eigenvalue weighted by molar-refractivity contribution is -0.917. The summed E-state index contributed by atoms with van der Waals surface area (Å²) in [6, 6.07) is 33.7. The SMILES string of the molecule is C.C#Cc1cc(-c2cccc(C#N)c2C)nc(N)n1.CC(C)(O)c1cccc(CN=[N+]=[N-])[n+]1[O-].CC(C)(O)c1cccc(CN=[N+]=[N-])n1.Cc1c(C#N)cccc1-c1cc(-c2cn(Cc3cccc(C(C)(C)O)[n+]3O)nn2)nc(N)n1.ClCCl. The Morgan fingerprint density at radius 1 is 0.679 bits per heavy atom. The Bertz CT molecular complexity index is 3790. The molecule has 0 bridgehead atoms. The number of hydrogen-bond acceptors (Lipinski definition) is 18. The molecule has 0 spiro atoms. The lowest BCUT2D eigenvalue weighted by Gasteiger charge is -2.17. The number of nitrogens with two attached hydrogens (primary N) is 2. The van der Waals surface area contributed by atoms with Crippen LogP contribution >= 0.6 is 23.2 Å². The molecule has 0 aliphatic rings. The average Bonchev–Trinajstić information content (AvgIpc) is 3.70. The average molecular weight is 1180 g/mol.